The van der Waals surface area contributed by atoms with Gasteiger partial charge in [0.05, 0.1) is 22.1 Å². The molecular formula is C64H47N. The number of hydrogen-bond acceptors (Lipinski definition) is 0. The van der Waals surface area contributed by atoms with Gasteiger partial charge in [0.25, 0.3) is 0 Å². The van der Waals surface area contributed by atoms with Crippen LogP contribution in [-0.4, -0.2) is 4.57 Å². The molecule has 0 amide bonds. The Morgan fingerprint density at radius 3 is 1.29 bits per heavy atom. The molecule has 0 saturated carbocycles. The zero-order valence-corrected chi connectivity index (χ0v) is 36.6. The Morgan fingerprint density at radius 1 is 0.338 bits per heavy atom. The van der Waals surface area contributed by atoms with E-state index in [0.29, 0.717) is 0 Å². The van der Waals surface area contributed by atoms with Gasteiger partial charge in [0.2, 0.25) is 0 Å². The van der Waals surface area contributed by atoms with Crippen LogP contribution in [0.4, 0.5) is 0 Å². The SMILES string of the molecule is Cc1ccc(C2(c3ccc(C)cc3)c3cc(-c4ccc(C(c5ccc(-c6ccccc6)cc5)c5ccc(-c6ccccc6)cc5)cc4)ccc3-n3c4ccccc4c4cccc2c43)cc1. The number of nitrogens with zero attached hydrogens (tertiary/aromatic N) is 1. The molecule has 1 aliphatic heterocycles. The van der Waals surface area contributed by atoms with Crippen molar-refractivity contribution in [2.24, 2.45) is 0 Å². The van der Waals surface area contributed by atoms with Gasteiger partial charge in [-0.1, -0.05) is 236 Å². The van der Waals surface area contributed by atoms with E-state index in [2.05, 4.69) is 261 Å². The van der Waals surface area contributed by atoms with E-state index in [0.717, 1.165) is 0 Å². The first-order chi connectivity index (χ1) is 32.0. The summed E-state index contributed by atoms with van der Waals surface area (Å²) in [6, 6.07) is 90.6. The predicted molar refractivity (Wildman–Crippen MR) is 272 cm³/mol. The number of para-hydroxylation sites is 2. The van der Waals surface area contributed by atoms with E-state index in [4.69, 9.17) is 0 Å². The van der Waals surface area contributed by atoms with Gasteiger partial charge in [0.1, 0.15) is 0 Å². The van der Waals surface area contributed by atoms with Crippen LogP contribution in [0.25, 0.3) is 60.9 Å². The molecule has 1 nitrogen and oxygen atoms in total. The quantitative estimate of drug-likeness (QED) is 0.134. The zero-order chi connectivity index (χ0) is 43.5. The van der Waals surface area contributed by atoms with Crippen molar-refractivity contribution in [2.45, 2.75) is 25.2 Å². The molecule has 0 spiro atoms. The van der Waals surface area contributed by atoms with Crippen molar-refractivity contribution in [3.8, 4) is 39.1 Å². The van der Waals surface area contributed by atoms with Crippen LogP contribution in [0.1, 0.15) is 56.0 Å². The summed E-state index contributed by atoms with van der Waals surface area (Å²) in [6.45, 7) is 4.36. The summed E-state index contributed by atoms with van der Waals surface area (Å²) < 4.78 is 2.53. The van der Waals surface area contributed by atoms with E-state index < -0.39 is 5.41 Å². The molecule has 0 aliphatic carbocycles. The highest BCUT2D eigenvalue weighted by Crippen LogP contribution is 2.55. The predicted octanol–water partition coefficient (Wildman–Crippen LogP) is 16.3. The first-order valence-corrected chi connectivity index (χ1v) is 22.8. The molecule has 1 heteroatoms. The largest absolute Gasteiger partial charge is 0.309 e. The van der Waals surface area contributed by atoms with Gasteiger partial charge in [-0.3, -0.25) is 0 Å². The third-order valence-electron chi connectivity index (χ3n) is 14.0. The lowest BCUT2D eigenvalue weighted by Gasteiger charge is -2.42. The molecule has 10 aromatic carbocycles. The topological polar surface area (TPSA) is 4.93 Å². The molecule has 0 radical (unpaired) electrons. The van der Waals surface area contributed by atoms with Crippen LogP contribution in [0.2, 0.25) is 0 Å². The summed E-state index contributed by atoms with van der Waals surface area (Å²) in [5, 5.41) is 2.56. The van der Waals surface area contributed by atoms with Crippen molar-refractivity contribution in [3.63, 3.8) is 0 Å². The molecule has 1 aliphatic rings. The van der Waals surface area contributed by atoms with Crippen molar-refractivity contribution in [3.05, 3.63) is 293 Å². The van der Waals surface area contributed by atoms with Crippen molar-refractivity contribution in [1.29, 1.82) is 0 Å². The number of benzene rings is 10. The molecule has 0 bridgehead atoms. The Hall–Kier alpha value is -8.00. The summed E-state index contributed by atoms with van der Waals surface area (Å²) in [6.07, 6.45) is 0. The molecule has 0 saturated heterocycles. The van der Waals surface area contributed by atoms with Crippen LogP contribution in [0.15, 0.2) is 243 Å². The fourth-order valence-electron chi connectivity index (χ4n) is 10.8. The average molecular weight is 830 g/mol. The Balaban J connectivity index is 1.02. The molecule has 65 heavy (non-hydrogen) atoms. The standard InChI is InChI=1S/C64H47N/c1-43-20-37-54(38-21-43)64(55-39-22-44(2)23-40-55)58-18-11-17-57-56-16-9-10-19-60(56)65(63(57)58)61-41-36-53(42-59(61)64)49-28-34-52(35-29-49)62(50-30-24-47(25-31-50)45-12-5-3-6-13-45)51-32-26-48(27-33-51)46-14-7-4-8-15-46/h3-42,62H,1-2H3. The van der Waals surface area contributed by atoms with Gasteiger partial charge in [-0.15, -0.1) is 0 Å². The number of rotatable bonds is 8. The van der Waals surface area contributed by atoms with E-state index in [1.54, 1.807) is 0 Å². The molecule has 308 valence electrons. The smallest absolute Gasteiger partial charge is 0.0742 e. The number of aryl methyl sites for hydroxylation is 2. The van der Waals surface area contributed by atoms with Crippen molar-refractivity contribution < 1.29 is 0 Å². The van der Waals surface area contributed by atoms with Crippen LogP contribution in [0.3, 0.4) is 0 Å². The molecule has 2 heterocycles. The molecule has 0 N–H and O–H groups in total. The molecule has 0 fully saturated rings. The van der Waals surface area contributed by atoms with Crippen LogP contribution >= 0.6 is 0 Å². The van der Waals surface area contributed by atoms with E-state index >= 15 is 0 Å². The van der Waals surface area contributed by atoms with Gasteiger partial charge >= 0.3 is 0 Å². The van der Waals surface area contributed by atoms with Gasteiger partial charge in [0.15, 0.2) is 0 Å². The van der Waals surface area contributed by atoms with E-state index in [1.165, 1.54) is 111 Å². The fourth-order valence-corrected chi connectivity index (χ4v) is 10.8. The molecule has 1 aromatic heterocycles. The summed E-state index contributed by atoms with van der Waals surface area (Å²) in [4.78, 5) is 0. The van der Waals surface area contributed by atoms with Gasteiger partial charge in [-0.25, -0.2) is 0 Å². The van der Waals surface area contributed by atoms with Crippen LogP contribution in [0.5, 0.6) is 0 Å². The second kappa shape index (κ2) is 15.7. The van der Waals surface area contributed by atoms with Crippen molar-refractivity contribution in [1.82, 2.24) is 4.57 Å². The minimum atomic E-state index is -0.570. The second-order valence-electron chi connectivity index (χ2n) is 17.8. The van der Waals surface area contributed by atoms with Crippen LogP contribution in [-0.2, 0) is 5.41 Å². The number of hydrogen-bond donors (Lipinski definition) is 0. The number of fused-ring (bicyclic) bond motifs is 5. The Kier molecular flexibility index (Phi) is 9.31. The third kappa shape index (κ3) is 6.38. The van der Waals surface area contributed by atoms with Gasteiger partial charge in [-0.2, -0.15) is 0 Å². The summed E-state index contributed by atoms with van der Waals surface area (Å²) in [7, 11) is 0. The molecule has 12 rings (SSSR count). The highest BCUT2D eigenvalue weighted by Gasteiger charge is 2.45. The van der Waals surface area contributed by atoms with E-state index in [9.17, 15) is 0 Å². The molecule has 11 aromatic rings. The molecule has 0 unspecified atom stereocenters. The fraction of sp³-hybridized carbons (Fsp3) is 0.0625. The average Bonchev–Trinajstić information content (AvgIpc) is 3.71. The Labute approximate surface area is 381 Å². The monoisotopic (exact) mass is 829 g/mol. The number of aromatic nitrogens is 1. The first-order valence-electron chi connectivity index (χ1n) is 22.8. The van der Waals surface area contributed by atoms with Crippen molar-refractivity contribution in [2.75, 3.05) is 0 Å². The highest BCUT2D eigenvalue weighted by molar-refractivity contribution is 6.12. The van der Waals surface area contributed by atoms with Gasteiger partial charge in [-0.05, 0) is 104 Å². The van der Waals surface area contributed by atoms with E-state index in [-0.39, 0.29) is 5.92 Å². The Bertz CT molecular complexity index is 3360. The van der Waals surface area contributed by atoms with Crippen molar-refractivity contribution >= 4 is 21.8 Å². The second-order valence-corrected chi connectivity index (χ2v) is 17.8. The minimum Gasteiger partial charge on any atom is -0.309 e. The normalized spacial score (nSPS) is 12.7. The maximum atomic E-state index is 2.53. The zero-order valence-electron chi connectivity index (χ0n) is 36.6. The van der Waals surface area contributed by atoms with Crippen LogP contribution < -0.4 is 0 Å². The van der Waals surface area contributed by atoms with Gasteiger partial charge in [0, 0.05) is 16.7 Å². The summed E-state index contributed by atoms with van der Waals surface area (Å²) >= 11 is 0. The van der Waals surface area contributed by atoms with Gasteiger partial charge < -0.3 is 4.57 Å². The lowest BCUT2D eigenvalue weighted by Crippen LogP contribution is -2.35. The van der Waals surface area contributed by atoms with E-state index in [1.807, 2.05) is 0 Å². The lowest BCUT2D eigenvalue weighted by molar-refractivity contribution is 0.727. The first kappa shape index (κ1) is 38.7. The minimum absolute atomic E-state index is 0.0545. The lowest BCUT2D eigenvalue weighted by atomic mass is 9.62. The van der Waals surface area contributed by atoms with Crippen LogP contribution in [0, 0.1) is 13.8 Å². The maximum Gasteiger partial charge on any atom is 0.0742 e. The maximum absolute atomic E-state index is 2.53. The Morgan fingerprint density at radius 2 is 0.769 bits per heavy atom. The molecular weight excluding hydrogens is 783 g/mol. The third-order valence-corrected chi connectivity index (χ3v) is 14.0. The summed E-state index contributed by atoms with van der Waals surface area (Å²) in [5.41, 5.74) is 21.9. The summed E-state index contributed by atoms with van der Waals surface area (Å²) in [5.74, 6) is 0.0545. The highest BCUT2D eigenvalue weighted by atomic mass is 15.0. The molecule has 0 atom stereocenters.